The van der Waals surface area contributed by atoms with Gasteiger partial charge in [0.2, 0.25) is 0 Å². The number of methoxy groups -OCH3 is 1. The summed E-state index contributed by atoms with van der Waals surface area (Å²) in [5.41, 5.74) is 2.62. The average Bonchev–Trinajstić information content (AvgIpc) is 2.69. The van der Waals surface area contributed by atoms with E-state index in [1.165, 1.54) is 12.1 Å². The molecule has 0 heterocycles. The van der Waals surface area contributed by atoms with E-state index in [0.717, 1.165) is 33.3 Å². The van der Waals surface area contributed by atoms with Crippen molar-refractivity contribution in [3.63, 3.8) is 0 Å². The molecule has 0 atom stereocenters. The maximum Gasteiger partial charge on any atom is 0.416 e. The van der Waals surface area contributed by atoms with Gasteiger partial charge in [0.1, 0.15) is 5.75 Å². The van der Waals surface area contributed by atoms with E-state index in [9.17, 15) is 13.2 Å². The number of ether oxygens (including phenoxy) is 1. The molecular formula is C22H16BrF3O. The van der Waals surface area contributed by atoms with Gasteiger partial charge in [0.25, 0.3) is 0 Å². The molecule has 0 spiro atoms. The van der Waals surface area contributed by atoms with Gasteiger partial charge in [-0.15, -0.1) is 0 Å². The van der Waals surface area contributed by atoms with Crippen LogP contribution >= 0.6 is 15.9 Å². The van der Waals surface area contributed by atoms with Gasteiger partial charge < -0.3 is 4.74 Å². The van der Waals surface area contributed by atoms with Crippen molar-refractivity contribution < 1.29 is 17.9 Å². The van der Waals surface area contributed by atoms with Gasteiger partial charge in [-0.25, -0.2) is 0 Å². The summed E-state index contributed by atoms with van der Waals surface area (Å²) in [7, 11) is 1.58. The molecule has 0 saturated carbocycles. The summed E-state index contributed by atoms with van der Waals surface area (Å²) in [5, 5.41) is 0. The number of hydrogen-bond acceptors (Lipinski definition) is 1. The molecule has 0 aliphatic rings. The van der Waals surface area contributed by atoms with Crippen LogP contribution in [0, 0.1) is 0 Å². The minimum Gasteiger partial charge on any atom is -0.497 e. The number of alkyl halides is 3. The highest BCUT2D eigenvalue weighted by atomic mass is 79.9. The second-order valence-electron chi connectivity index (χ2n) is 5.86. The third-order valence-corrected chi connectivity index (χ3v) is 4.98. The largest absolute Gasteiger partial charge is 0.497 e. The summed E-state index contributed by atoms with van der Waals surface area (Å²) in [6, 6.07) is 22.2. The van der Waals surface area contributed by atoms with E-state index in [-0.39, 0.29) is 0 Å². The van der Waals surface area contributed by atoms with Crippen molar-refractivity contribution >= 4 is 26.0 Å². The SMILES string of the molecule is COc1ccc(/C(=C(\Br)c2ccccc2)c2ccc(C(F)(F)F)cc2)cc1. The van der Waals surface area contributed by atoms with Crippen LogP contribution in [0.15, 0.2) is 78.9 Å². The maximum atomic E-state index is 12.9. The highest BCUT2D eigenvalue weighted by Crippen LogP contribution is 2.38. The van der Waals surface area contributed by atoms with Crippen molar-refractivity contribution in [1.82, 2.24) is 0 Å². The third-order valence-electron chi connectivity index (χ3n) is 4.13. The summed E-state index contributed by atoms with van der Waals surface area (Å²) >= 11 is 3.65. The molecule has 3 rings (SSSR count). The summed E-state index contributed by atoms with van der Waals surface area (Å²) in [5.74, 6) is 0.710. The summed E-state index contributed by atoms with van der Waals surface area (Å²) in [4.78, 5) is 0. The van der Waals surface area contributed by atoms with Crippen LogP contribution in [0.5, 0.6) is 5.75 Å². The molecular weight excluding hydrogens is 417 g/mol. The van der Waals surface area contributed by atoms with Gasteiger partial charge >= 0.3 is 6.18 Å². The zero-order chi connectivity index (χ0) is 19.4. The zero-order valence-electron chi connectivity index (χ0n) is 14.4. The first-order valence-electron chi connectivity index (χ1n) is 8.17. The third kappa shape index (κ3) is 4.42. The number of hydrogen-bond donors (Lipinski definition) is 0. The Balaban J connectivity index is 2.15. The van der Waals surface area contributed by atoms with E-state index in [2.05, 4.69) is 15.9 Å². The molecule has 0 bridgehead atoms. The Hall–Kier alpha value is -2.53. The van der Waals surface area contributed by atoms with E-state index < -0.39 is 11.7 Å². The molecule has 0 saturated heterocycles. The average molecular weight is 433 g/mol. The van der Waals surface area contributed by atoms with Gasteiger partial charge in [0.05, 0.1) is 12.7 Å². The van der Waals surface area contributed by atoms with Crippen LogP contribution in [0.4, 0.5) is 13.2 Å². The van der Waals surface area contributed by atoms with E-state index in [4.69, 9.17) is 4.74 Å². The lowest BCUT2D eigenvalue weighted by Gasteiger charge is -2.14. The molecule has 0 aliphatic heterocycles. The second-order valence-corrected chi connectivity index (χ2v) is 6.65. The van der Waals surface area contributed by atoms with Crippen LogP contribution in [0.1, 0.15) is 22.3 Å². The van der Waals surface area contributed by atoms with Gasteiger partial charge in [-0.2, -0.15) is 13.2 Å². The fraction of sp³-hybridized carbons (Fsp3) is 0.0909. The second kappa shape index (κ2) is 8.01. The lowest BCUT2D eigenvalue weighted by Crippen LogP contribution is -2.04. The van der Waals surface area contributed by atoms with Crippen molar-refractivity contribution in [2.45, 2.75) is 6.18 Å². The maximum absolute atomic E-state index is 12.9. The van der Waals surface area contributed by atoms with Crippen LogP contribution in [-0.4, -0.2) is 7.11 Å². The fourth-order valence-electron chi connectivity index (χ4n) is 2.73. The fourth-order valence-corrected chi connectivity index (χ4v) is 3.45. The smallest absolute Gasteiger partial charge is 0.416 e. The van der Waals surface area contributed by atoms with Crippen LogP contribution in [-0.2, 0) is 6.18 Å². The van der Waals surface area contributed by atoms with Crippen LogP contribution in [0.25, 0.3) is 10.1 Å². The Kier molecular flexibility index (Phi) is 5.71. The molecule has 0 fully saturated rings. The summed E-state index contributed by atoms with van der Waals surface area (Å²) < 4.78 is 44.7. The van der Waals surface area contributed by atoms with Crippen LogP contribution in [0.2, 0.25) is 0 Å². The van der Waals surface area contributed by atoms with Crippen molar-refractivity contribution in [2.24, 2.45) is 0 Å². The lowest BCUT2D eigenvalue weighted by molar-refractivity contribution is -0.137. The quantitative estimate of drug-likeness (QED) is 0.402. The zero-order valence-corrected chi connectivity index (χ0v) is 16.0. The Morgan fingerprint density at radius 2 is 1.26 bits per heavy atom. The molecule has 0 amide bonds. The van der Waals surface area contributed by atoms with Crippen LogP contribution < -0.4 is 4.74 Å². The van der Waals surface area contributed by atoms with Crippen LogP contribution in [0.3, 0.4) is 0 Å². The highest BCUT2D eigenvalue weighted by molar-refractivity contribution is 9.15. The van der Waals surface area contributed by atoms with Crippen molar-refractivity contribution in [3.8, 4) is 5.75 Å². The predicted octanol–water partition coefficient (Wildman–Crippen LogP) is 7.03. The number of benzene rings is 3. The Bertz CT molecular complexity index is 928. The Labute approximate surface area is 164 Å². The monoisotopic (exact) mass is 432 g/mol. The van der Waals surface area contributed by atoms with Crippen molar-refractivity contribution in [3.05, 3.63) is 101 Å². The van der Waals surface area contributed by atoms with Gasteiger partial charge in [-0.3, -0.25) is 0 Å². The van der Waals surface area contributed by atoms with Crippen molar-refractivity contribution in [1.29, 1.82) is 0 Å². The first kappa shape index (κ1) is 19.2. The minimum absolute atomic E-state index is 0.670. The van der Waals surface area contributed by atoms with E-state index >= 15 is 0 Å². The molecule has 5 heteroatoms. The highest BCUT2D eigenvalue weighted by Gasteiger charge is 2.30. The normalized spacial score (nSPS) is 12.5. The van der Waals surface area contributed by atoms with E-state index in [1.54, 1.807) is 7.11 Å². The number of halogens is 4. The molecule has 3 aromatic carbocycles. The van der Waals surface area contributed by atoms with Gasteiger partial charge in [0, 0.05) is 10.1 Å². The molecule has 0 unspecified atom stereocenters. The topological polar surface area (TPSA) is 9.23 Å². The lowest BCUT2D eigenvalue weighted by atomic mass is 9.94. The Morgan fingerprint density at radius 1 is 0.741 bits per heavy atom. The Morgan fingerprint density at radius 3 is 1.74 bits per heavy atom. The van der Waals surface area contributed by atoms with Gasteiger partial charge in [-0.05, 0) is 56.9 Å². The first-order chi connectivity index (χ1) is 12.9. The molecule has 27 heavy (non-hydrogen) atoms. The summed E-state index contributed by atoms with van der Waals surface area (Å²) in [6.07, 6.45) is -4.36. The number of rotatable bonds is 4. The van der Waals surface area contributed by atoms with Gasteiger partial charge in [0.15, 0.2) is 0 Å². The molecule has 0 aliphatic carbocycles. The van der Waals surface area contributed by atoms with E-state index in [0.29, 0.717) is 11.3 Å². The summed E-state index contributed by atoms with van der Waals surface area (Å²) in [6.45, 7) is 0. The molecule has 3 aromatic rings. The van der Waals surface area contributed by atoms with E-state index in [1.807, 2.05) is 54.6 Å². The molecule has 138 valence electrons. The van der Waals surface area contributed by atoms with Gasteiger partial charge in [-0.1, -0.05) is 54.6 Å². The standard InChI is InChI=1S/C22H16BrF3O/c1-27-19-13-9-16(10-14-19)20(21(23)17-5-3-2-4-6-17)15-7-11-18(12-8-15)22(24,25)26/h2-14H,1H3/b21-20-. The molecule has 1 nitrogen and oxygen atoms in total. The van der Waals surface area contributed by atoms with Crippen molar-refractivity contribution in [2.75, 3.05) is 7.11 Å². The molecule has 0 N–H and O–H groups in total. The predicted molar refractivity (Wildman–Crippen MR) is 106 cm³/mol. The first-order valence-corrected chi connectivity index (χ1v) is 8.96. The molecule has 0 radical (unpaired) electrons. The molecule has 0 aromatic heterocycles. The minimum atomic E-state index is -4.36.